The second kappa shape index (κ2) is 7.69. The van der Waals surface area contributed by atoms with Crippen LogP contribution in [0.15, 0.2) is 126 Å². The van der Waals surface area contributed by atoms with Crippen LogP contribution in [0.2, 0.25) is 0 Å². The average Bonchev–Trinajstić information content (AvgIpc) is 3.40. The van der Waals surface area contributed by atoms with E-state index < -0.39 is 0 Å². The molecule has 2 aliphatic rings. The van der Waals surface area contributed by atoms with Crippen LogP contribution >= 0.6 is 0 Å². The fourth-order valence-corrected chi connectivity index (χ4v) is 6.67. The van der Waals surface area contributed by atoms with Crippen molar-refractivity contribution in [1.82, 2.24) is 9.88 Å². The van der Waals surface area contributed by atoms with Crippen molar-refractivity contribution in [3.8, 4) is 0 Å². The fourth-order valence-electron chi connectivity index (χ4n) is 6.67. The largest absolute Gasteiger partial charge is 0.325 e. The van der Waals surface area contributed by atoms with Crippen LogP contribution < -0.4 is 5.32 Å². The first-order chi connectivity index (χ1) is 18.6. The lowest BCUT2D eigenvalue weighted by Crippen LogP contribution is -2.35. The molecule has 0 saturated carbocycles. The molecular weight excluding hydrogens is 462 g/mol. The minimum atomic E-state index is -0.133. The highest BCUT2D eigenvalue weighted by atomic mass is 15.2. The number of aromatic nitrogens is 1. The first-order valence-corrected chi connectivity index (χ1v) is 13.3. The van der Waals surface area contributed by atoms with Gasteiger partial charge in [-0.15, -0.1) is 0 Å². The molecule has 6 aromatic rings. The number of fused-ring (bicyclic) bond motifs is 6. The smallest absolute Gasteiger partial charge is 0.208 e. The third-order valence-corrected chi connectivity index (χ3v) is 8.44. The molecule has 38 heavy (non-hydrogen) atoms. The third-order valence-electron chi connectivity index (χ3n) is 8.44. The highest BCUT2D eigenvalue weighted by Gasteiger charge is 2.44. The van der Waals surface area contributed by atoms with E-state index in [2.05, 4.69) is 139 Å². The summed E-state index contributed by atoms with van der Waals surface area (Å²) in [5.74, 6) is 0.867. The number of rotatable bonds is 1. The lowest BCUT2D eigenvalue weighted by atomic mass is 9.76. The van der Waals surface area contributed by atoms with Gasteiger partial charge in [0.25, 0.3) is 0 Å². The van der Waals surface area contributed by atoms with Gasteiger partial charge in [-0.3, -0.25) is 4.57 Å². The molecule has 0 fully saturated rings. The molecule has 1 atom stereocenters. The van der Waals surface area contributed by atoms with Crippen molar-refractivity contribution < 1.29 is 0 Å². The summed E-state index contributed by atoms with van der Waals surface area (Å²) in [6.07, 6.45) is 0. The molecule has 8 rings (SSSR count). The van der Waals surface area contributed by atoms with Gasteiger partial charge in [-0.2, -0.15) is 0 Å². The highest BCUT2D eigenvalue weighted by Crippen LogP contribution is 2.52. The Hall–Kier alpha value is -4.63. The molecule has 1 aliphatic carbocycles. The summed E-state index contributed by atoms with van der Waals surface area (Å²) in [6, 6.07) is 41.4. The van der Waals surface area contributed by atoms with Crippen LogP contribution in [0.25, 0.3) is 38.3 Å². The maximum absolute atomic E-state index is 5.51. The quantitative estimate of drug-likeness (QED) is 0.248. The van der Waals surface area contributed by atoms with Crippen LogP contribution in [0.1, 0.15) is 36.6 Å². The van der Waals surface area contributed by atoms with Crippen molar-refractivity contribution in [3.05, 3.63) is 138 Å². The van der Waals surface area contributed by atoms with E-state index in [1.165, 1.54) is 49.5 Å². The Balaban J connectivity index is 1.44. The second-order valence-electron chi connectivity index (χ2n) is 10.9. The Morgan fingerprint density at radius 3 is 2.21 bits per heavy atom. The normalized spacial score (nSPS) is 17.9. The minimum Gasteiger partial charge on any atom is -0.325 e. The molecule has 1 unspecified atom stereocenters. The summed E-state index contributed by atoms with van der Waals surface area (Å²) in [7, 11) is 0. The average molecular weight is 490 g/mol. The van der Waals surface area contributed by atoms with Gasteiger partial charge in [0, 0.05) is 21.8 Å². The predicted octanol–water partition coefficient (Wildman–Crippen LogP) is 8.20. The number of hydrogen-bond donors (Lipinski definition) is 1. The van der Waals surface area contributed by atoms with Crippen molar-refractivity contribution in [1.29, 1.82) is 0 Å². The summed E-state index contributed by atoms with van der Waals surface area (Å²) in [5, 5.41) is 8.81. The zero-order valence-electron chi connectivity index (χ0n) is 21.4. The lowest BCUT2D eigenvalue weighted by molar-refractivity contribution is 0.575. The number of nitrogens with one attached hydrogen (secondary N) is 1. The van der Waals surface area contributed by atoms with E-state index in [1.807, 2.05) is 0 Å². The fraction of sp³-hybridized carbons (Fsp3) is 0.114. The summed E-state index contributed by atoms with van der Waals surface area (Å²) in [6.45, 7) is 4.66. The Morgan fingerprint density at radius 1 is 0.684 bits per heavy atom. The Morgan fingerprint density at radius 2 is 1.37 bits per heavy atom. The van der Waals surface area contributed by atoms with Gasteiger partial charge in [-0.25, -0.2) is 4.99 Å². The van der Waals surface area contributed by atoms with Gasteiger partial charge in [0.2, 0.25) is 5.96 Å². The molecule has 2 heterocycles. The molecule has 1 aromatic heterocycles. The molecule has 0 saturated heterocycles. The Bertz CT molecular complexity index is 1970. The lowest BCUT2D eigenvalue weighted by Gasteiger charge is -2.33. The van der Waals surface area contributed by atoms with Crippen molar-refractivity contribution in [2.24, 2.45) is 4.99 Å². The van der Waals surface area contributed by atoms with Crippen LogP contribution in [-0.4, -0.2) is 10.5 Å². The van der Waals surface area contributed by atoms with E-state index in [0.717, 1.165) is 17.0 Å². The van der Waals surface area contributed by atoms with Gasteiger partial charge in [-0.05, 0) is 45.7 Å². The highest BCUT2D eigenvalue weighted by molar-refractivity contribution is 6.18. The number of hydrogen-bond acceptors (Lipinski definition) is 2. The molecule has 3 heteroatoms. The zero-order valence-corrected chi connectivity index (χ0v) is 21.4. The first-order valence-electron chi connectivity index (χ1n) is 13.3. The number of aliphatic imine (C=N–C) groups is 1. The van der Waals surface area contributed by atoms with Crippen molar-refractivity contribution in [2.45, 2.75) is 25.3 Å². The van der Waals surface area contributed by atoms with E-state index in [0.29, 0.717) is 0 Å². The topological polar surface area (TPSA) is 29.3 Å². The second-order valence-corrected chi connectivity index (χ2v) is 10.9. The van der Waals surface area contributed by atoms with Gasteiger partial charge < -0.3 is 5.32 Å². The Labute approximate surface area is 221 Å². The van der Waals surface area contributed by atoms with Crippen LogP contribution in [0.4, 0.5) is 0 Å². The summed E-state index contributed by atoms with van der Waals surface area (Å²) in [5.41, 5.74) is 8.55. The number of benzene rings is 5. The molecule has 0 spiro atoms. The minimum absolute atomic E-state index is 0.0819. The van der Waals surface area contributed by atoms with Crippen molar-refractivity contribution >= 4 is 44.2 Å². The Kier molecular flexibility index (Phi) is 4.34. The van der Waals surface area contributed by atoms with E-state index in [9.17, 15) is 0 Å². The van der Waals surface area contributed by atoms with Gasteiger partial charge in [0.05, 0.1) is 16.7 Å². The van der Waals surface area contributed by atoms with Gasteiger partial charge in [-0.1, -0.05) is 111 Å². The van der Waals surface area contributed by atoms with Gasteiger partial charge in [0.15, 0.2) is 0 Å². The first kappa shape index (κ1) is 21.5. The van der Waals surface area contributed by atoms with Crippen LogP contribution in [0.3, 0.4) is 0 Å². The van der Waals surface area contributed by atoms with Crippen molar-refractivity contribution in [3.63, 3.8) is 0 Å². The van der Waals surface area contributed by atoms with Gasteiger partial charge >= 0.3 is 0 Å². The van der Waals surface area contributed by atoms with Gasteiger partial charge in [0.1, 0.15) is 6.04 Å². The van der Waals surface area contributed by atoms with E-state index >= 15 is 0 Å². The molecule has 3 nitrogen and oxygen atoms in total. The summed E-state index contributed by atoms with van der Waals surface area (Å²) in [4.78, 5) is 5.51. The number of nitrogens with zero attached hydrogens (tertiary/aromatic N) is 2. The van der Waals surface area contributed by atoms with Crippen LogP contribution in [-0.2, 0) is 5.41 Å². The van der Waals surface area contributed by atoms with E-state index in [4.69, 9.17) is 4.99 Å². The molecule has 1 N–H and O–H groups in total. The molecule has 1 aliphatic heterocycles. The van der Waals surface area contributed by atoms with Crippen molar-refractivity contribution in [2.75, 3.05) is 0 Å². The molecule has 0 amide bonds. The number of para-hydroxylation sites is 1. The molecule has 182 valence electrons. The van der Waals surface area contributed by atoms with Crippen LogP contribution in [0, 0.1) is 0 Å². The molecule has 0 radical (unpaired) electrons. The van der Waals surface area contributed by atoms with E-state index in [1.54, 1.807) is 0 Å². The third kappa shape index (κ3) is 2.87. The SMILES string of the molecule is CC1(C)C2=C(NC(n3c4ccccc4c4cc5ccccc5cc43)=NC2c2ccccc2)c2ccccc21. The summed E-state index contributed by atoms with van der Waals surface area (Å²) < 4.78 is 2.32. The predicted molar refractivity (Wildman–Crippen MR) is 158 cm³/mol. The van der Waals surface area contributed by atoms with E-state index in [-0.39, 0.29) is 11.5 Å². The monoisotopic (exact) mass is 489 g/mol. The zero-order chi connectivity index (χ0) is 25.4. The molecule has 0 bridgehead atoms. The molecular formula is C35H27N3. The van der Waals surface area contributed by atoms with Crippen LogP contribution in [0.5, 0.6) is 0 Å². The summed E-state index contributed by atoms with van der Waals surface area (Å²) >= 11 is 0. The molecule has 5 aromatic carbocycles. The maximum Gasteiger partial charge on any atom is 0.208 e. The standard InChI is InChI=1S/C35H27N3/c1-35(2)28-18-10-8-17-26(28)33-31(35)32(22-12-4-3-5-13-22)36-34(37-33)38-29-19-11-9-16-25(29)27-20-23-14-6-7-15-24(23)21-30(27)38/h3-21,32H,1-2H3,(H,36,37). The maximum atomic E-state index is 5.51.